The van der Waals surface area contributed by atoms with Crippen molar-refractivity contribution in [1.82, 2.24) is 15.5 Å². The Morgan fingerprint density at radius 3 is 2.54 bits per heavy atom. The van der Waals surface area contributed by atoms with Crippen LogP contribution >= 0.6 is 0 Å². The summed E-state index contributed by atoms with van der Waals surface area (Å²) in [6.45, 7) is 6.25. The molecule has 0 radical (unpaired) electrons. The Kier molecular flexibility index (Phi) is 6.06. The standard InChI is InChI=1S/C19H27F3N4/c1-2-23-18(24-11-14-3-4-14)25-17-9-10-26(13-17)12-15-5-7-16(8-6-15)19(20,21)22/h5-8,14,17H,2-4,9-13H2,1H3,(H2,23,24,25). The maximum atomic E-state index is 12.6. The summed E-state index contributed by atoms with van der Waals surface area (Å²) in [5, 5.41) is 6.78. The van der Waals surface area contributed by atoms with Crippen LogP contribution in [0.3, 0.4) is 0 Å². The van der Waals surface area contributed by atoms with E-state index in [9.17, 15) is 13.2 Å². The van der Waals surface area contributed by atoms with E-state index in [1.54, 1.807) is 12.1 Å². The predicted octanol–water partition coefficient (Wildman–Crippen LogP) is 3.24. The third-order valence-electron chi connectivity index (χ3n) is 4.85. The lowest BCUT2D eigenvalue weighted by molar-refractivity contribution is -0.137. The van der Waals surface area contributed by atoms with Crippen LogP contribution < -0.4 is 10.6 Å². The number of hydrogen-bond acceptors (Lipinski definition) is 2. The number of nitrogens with zero attached hydrogens (tertiary/aromatic N) is 2. The molecule has 1 unspecified atom stereocenters. The molecule has 1 atom stereocenters. The van der Waals surface area contributed by atoms with Gasteiger partial charge >= 0.3 is 6.18 Å². The molecule has 2 aliphatic rings. The summed E-state index contributed by atoms with van der Waals surface area (Å²) in [5.41, 5.74) is 0.317. The second-order valence-corrected chi connectivity index (χ2v) is 7.22. The average Bonchev–Trinajstić information content (AvgIpc) is 3.32. The monoisotopic (exact) mass is 368 g/mol. The molecule has 7 heteroatoms. The van der Waals surface area contributed by atoms with Gasteiger partial charge in [-0.05, 0) is 49.8 Å². The largest absolute Gasteiger partial charge is 0.416 e. The van der Waals surface area contributed by atoms with Crippen LogP contribution in [-0.2, 0) is 12.7 Å². The molecule has 1 aromatic carbocycles. The molecule has 0 aromatic heterocycles. The summed E-state index contributed by atoms with van der Waals surface area (Å²) < 4.78 is 37.9. The molecule has 2 N–H and O–H groups in total. The second kappa shape index (κ2) is 8.29. The highest BCUT2D eigenvalue weighted by molar-refractivity contribution is 5.80. The summed E-state index contributed by atoms with van der Waals surface area (Å²) in [6, 6.07) is 5.79. The Morgan fingerprint density at radius 1 is 1.19 bits per heavy atom. The lowest BCUT2D eigenvalue weighted by Crippen LogP contribution is -2.44. The van der Waals surface area contributed by atoms with Crippen molar-refractivity contribution in [2.45, 2.75) is 44.9 Å². The van der Waals surface area contributed by atoms with E-state index in [0.29, 0.717) is 12.6 Å². The van der Waals surface area contributed by atoms with Crippen molar-refractivity contribution in [2.24, 2.45) is 10.9 Å². The molecule has 1 saturated carbocycles. The van der Waals surface area contributed by atoms with Gasteiger partial charge in [-0.3, -0.25) is 9.89 Å². The quantitative estimate of drug-likeness (QED) is 0.598. The fourth-order valence-electron chi connectivity index (χ4n) is 3.19. The van der Waals surface area contributed by atoms with Crippen LogP contribution in [0.5, 0.6) is 0 Å². The van der Waals surface area contributed by atoms with Gasteiger partial charge in [-0.15, -0.1) is 0 Å². The summed E-state index contributed by atoms with van der Waals surface area (Å²) in [7, 11) is 0. The van der Waals surface area contributed by atoms with Crippen LogP contribution in [0.2, 0.25) is 0 Å². The van der Waals surface area contributed by atoms with E-state index in [1.165, 1.54) is 12.8 Å². The topological polar surface area (TPSA) is 39.7 Å². The summed E-state index contributed by atoms with van der Waals surface area (Å²) in [5.74, 6) is 1.63. The van der Waals surface area contributed by atoms with Crippen LogP contribution in [-0.4, -0.2) is 43.1 Å². The number of guanidine groups is 1. The Labute approximate surface area is 152 Å². The van der Waals surface area contributed by atoms with E-state index >= 15 is 0 Å². The molecule has 1 heterocycles. The number of nitrogens with one attached hydrogen (secondary N) is 2. The van der Waals surface area contributed by atoms with Crippen molar-refractivity contribution in [3.63, 3.8) is 0 Å². The number of aliphatic imine (C=N–C) groups is 1. The average molecular weight is 368 g/mol. The third kappa shape index (κ3) is 5.62. The van der Waals surface area contributed by atoms with Gasteiger partial charge in [0.25, 0.3) is 0 Å². The number of hydrogen-bond donors (Lipinski definition) is 2. The second-order valence-electron chi connectivity index (χ2n) is 7.22. The molecule has 144 valence electrons. The highest BCUT2D eigenvalue weighted by Gasteiger charge is 2.30. The van der Waals surface area contributed by atoms with Crippen molar-refractivity contribution in [3.8, 4) is 0 Å². The molecular formula is C19H27F3N4. The highest BCUT2D eigenvalue weighted by Crippen LogP contribution is 2.29. The molecule has 0 amide bonds. The fraction of sp³-hybridized carbons (Fsp3) is 0.632. The van der Waals surface area contributed by atoms with E-state index in [1.807, 2.05) is 0 Å². The van der Waals surface area contributed by atoms with Crippen LogP contribution in [0.4, 0.5) is 13.2 Å². The van der Waals surface area contributed by atoms with Crippen LogP contribution in [0, 0.1) is 5.92 Å². The fourth-order valence-corrected chi connectivity index (χ4v) is 3.19. The van der Waals surface area contributed by atoms with E-state index in [4.69, 9.17) is 0 Å². The van der Waals surface area contributed by atoms with Crippen molar-refractivity contribution >= 4 is 5.96 Å². The van der Waals surface area contributed by atoms with Gasteiger partial charge in [0.15, 0.2) is 5.96 Å². The van der Waals surface area contributed by atoms with Gasteiger partial charge in [0.05, 0.1) is 5.56 Å². The SMILES string of the molecule is CCNC(=NCC1CC1)NC1CCN(Cc2ccc(C(F)(F)F)cc2)C1. The molecule has 1 aliphatic carbocycles. The first-order valence-corrected chi connectivity index (χ1v) is 9.37. The number of rotatable bonds is 6. The molecule has 1 aliphatic heterocycles. The number of halogens is 3. The minimum absolute atomic E-state index is 0.321. The van der Waals surface area contributed by atoms with Crippen molar-refractivity contribution in [2.75, 3.05) is 26.2 Å². The van der Waals surface area contributed by atoms with Gasteiger partial charge in [0.1, 0.15) is 0 Å². The summed E-state index contributed by atoms with van der Waals surface area (Å²) in [6.07, 6.45) is -0.696. The van der Waals surface area contributed by atoms with Gasteiger partial charge in [-0.1, -0.05) is 12.1 Å². The lowest BCUT2D eigenvalue weighted by atomic mass is 10.1. The van der Waals surface area contributed by atoms with E-state index in [2.05, 4.69) is 27.4 Å². The number of alkyl halides is 3. The zero-order valence-corrected chi connectivity index (χ0v) is 15.1. The molecule has 0 spiro atoms. The first kappa shape index (κ1) is 19.0. The first-order chi connectivity index (χ1) is 12.4. The molecular weight excluding hydrogens is 341 g/mol. The van der Waals surface area contributed by atoms with Gasteiger partial charge in [-0.2, -0.15) is 13.2 Å². The number of likely N-dealkylation sites (tertiary alicyclic amines) is 1. The van der Waals surface area contributed by atoms with E-state index in [0.717, 1.165) is 62.2 Å². The van der Waals surface area contributed by atoms with Crippen molar-refractivity contribution in [1.29, 1.82) is 0 Å². The maximum Gasteiger partial charge on any atom is 0.416 e. The zero-order valence-electron chi connectivity index (χ0n) is 15.1. The first-order valence-electron chi connectivity index (χ1n) is 9.37. The van der Waals surface area contributed by atoms with Crippen LogP contribution in [0.25, 0.3) is 0 Å². The minimum atomic E-state index is -4.27. The predicted molar refractivity (Wildman–Crippen MR) is 97.0 cm³/mol. The van der Waals surface area contributed by atoms with Crippen molar-refractivity contribution in [3.05, 3.63) is 35.4 Å². The Bertz CT molecular complexity index is 608. The summed E-state index contributed by atoms with van der Waals surface area (Å²) in [4.78, 5) is 6.92. The lowest BCUT2D eigenvalue weighted by Gasteiger charge is -2.19. The molecule has 1 aromatic rings. The van der Waals surface area contributed by atoms with E-state index in [-0.39, 0.29) is 0 Å². The molecule has 3 rings (SSSR count). The van der Waals surface area contributed by atoms with Crippen LogP contribution in [0.15, 0.2) is 29.3 Å². The number of benzene rings is 1. The molecule has 26 heavy (non-hydrogen) atoms. The van der Waals surface area contributed by atoms with Crippen molar-refractivity contribution < 1.29 is 13.2 Å². The summed E-state index contributed by atoms with van der Waals surface area (Å²) >= 11 is 0. The normalized spacial score (nSPS) is 21.8. The minimum Gasteiger partial charge on any atom is -0.357 e. The van der Waals surface area contributed by atoms with Crippen LogP contribution in [0.1, 0.15) is 37.3 Å². The Hall–Kier alpha value is -1.76. The maximum absolute atomic E-state index is 12.6. The molecule has 1 saturated heterocycles. The van der Waals surface area contributed by atoms with Gasteiger partial charge < -0.3 is 10.6 Å². The zero-order chi connectivity index (χ0) is 18.6. The molecule has 2 fully saturated rings. The smallest absolute Gasteiger partial charge is 0.357 e. The highest BCUT2D eigenvalue weighted by atomic mass is 19.4. The third-order valence-corrected chi connectivity index (χ3v) is 4.85. The molecule has 0 bridgehead atoms. The van der Waals surface area contributed by atoms with Gasteiger partial charge in [0, 0.05) is 38.8 Å². The van der Waals surface area contributed by atoms with E-state index < -0.39 is 11.7 Å². The molecule has 4 nitrogen and oxygen atoms in total. The van der Waals surface area contributed by atoms with Gasteiger partial charge in [0.2, 0.25) is 0 Å². The Balaban J connectivity index is 1.49. The Morgan fingerprint density at radius 2 is 1.92 bits per heavy atom. The van der Waals surface area contributed by atoms with Gasteiger partial charge in [-0.25, -0.2) is 0 Å².